The summed E-state index contributed by atoms with van der Waals surface area (Å²) in [5.74, 6) is 1.51. The van der Waals surface area contributed by atoms with Crippen LogP contribution < -0.4 is 15.2 Å². The average Bonchev–Trinajstić information content (AvgIpc) is 2.59. The highest BCUT2D eigenvalue weighted by molar-refractivity contribution is 5.76. The number of methoxy groups -OCH3 is 1. The molecule has 6 heteroatoms. The summed E-state index contributed by atoms with van der Waals surface area (Å²) in [6, 6.07) is 7.57. The van der Waals surface area contributed by atoms with Crippen LogP contribution in [0.4, 0.5) is 0 Å². The summed E-state index contributed by atoms with van der Waals surface area (Å²) in [6.45, 7) is 4.00. The van der Waals surface area contributed by atoms with Gasteiger partial charge < -0.3 is 24.8 Å². The second-order valence-electron chi connectivity index (χ2n) is 5.63. The van der Waals surface area contributed by atoms with E-state index >= 15 is 0 Å². The van der Waals surface area contributed by atoms with Gasteiger partial charge in [-0.05, 0) is 18.6 Å². The molecule has 23 heavy (non-hydrogen) atoms. The number of nitrogens with zero attached hydrogens (tertiary/aromatic N) is 1. The fourth-order valence-electron chi connectivity index (χ4n) is 2.57. The van der Waals surface area contributed by atoms with Gasteiger partial charge in [0.1, 0.15) is 6.61 Å². The normalized spacial score (nSPS) is 17.6. The molecule has 0 fully saturated rings. The maximum absolute atomic E-state index is 12.5. The molecule has 0 bridgehead atoms. The van der Waals surface area contributed by atoms with Gasteiger partial charge in [-0.25, -0.2) is 0 Å². The Bertz CT molecular complexity index is 505. The number of carbonyl (C=O) groups excluding carboxylic acids is 1. The Hall–Kier alpha value is -1.79. The van der Waals surface area contributed by atoms with Crippen LogP contribution in [-0.2, 0) is 9.53 Å². The van der Waals surface area contributed by atoms with Crippen LogP contribution in [0.3, 0.4) is 0 Å². The predicted octanol–water partition coefficient (Wildman–Crippen LogP) is 1.43. The van der Waals surface area contributed by atoms with E-state index in [4.69, 9.17) is 19.9 Å². The molecule has 0 aromatic heterocycles. The molecule has 1 aliphatic rings. The van der Waals surface area contributed by atoms with E-state index < -0.39 is 0 Å². The summed E-state index contributed by atoms with van der Waals surface area (Å²) >= 11 is 0. The number of ether oxygens (including phenoxy) is 3. The quantitative estimate of drug-likeness (QED) is 0.784. The van der Waals surface area contributed by atoms with Crippen molar-refractivity contribution in [2.75, 3.05) is 33.4 Å². The second kappa shape index (κ2) is 8.74. The molecule has 128 valence electrons. The Morgan fingerprint density at radius 1 is 1.43 bits per heavy atom. The number of benzene rings is 1. The van der Waals surface area contributed by atoms with E-state index in [1.165, 1.54) is 0 Å². The molecule has 2 N–H and O–H groups in total. The number of hydrogen-bond acceptors (Lipinski definition) is 5. The van der Waals surface area contributed by atoms with E-state index in [1.807, 2.05) is 36.1 Å². The van der Waals surface area contributed by atoms with Gasteiger partial charge in [0.2, 0.25) is 5.91 Å². The standard InChI is InChI=1S/C17H26N2O4/c1-3-8-19(17(20)9-13(10-18)21-2)11-14-12-22-15-6-4-5-7-16(15)23-14/h4-7,13-14H,3,8-12,18H2,1-2H3. The molecule has 0 radical (unpaired) electrons. The summed E-state index contributed by atoms with van der Waals surface area (Å²) in [5.41, 5.74) is 5.60. The van der Waals surface area contributed by atoms with E-state index in [0.717, 1.165) is 17.9 Å². The minimum absolute atomic E-state index is 0.0339. The zero-order valence-corrected chi connectivity index (χ0v) is 13.9. The van der Waals surface area contributed by atoms with E-state index in [1.54, 1.807) is 7.11 Å². The van der Waals surface area contributed by atoms with Crippen molar-refractivity contribution in [2.45, 2.75) is 32.0 Å². The van der Waals surface area contributed by atoms with Crippen molar-refractivity contribution >= 4 is 5.91 Å². The van der Waals surface area contributed by atoms with Crippen molar-refractivity contribution in [3.8, 4) is 11.5 Å². The number of nitrogens with two attached hydrogens (primary N) is 1. The van der Waals surface area contributed by atoms with E-state index in [0.29, 0.717) is 26.2 Å². The molecule has 1 aromatic carbocycles. The molecular weight excluding hydrogens is 296 g/mol. The number of rotatable bonds is 8. The molecule has 6 nitrogen and oxygen atoms in total. The van der Waals surface area contributed by atoms with Gasteiger partial charge >= 0.3 is 0 Å². The van der Waals surface area contributed by atoms with Crippen molar-refractivity contribution < 1.29 is 19.0 Å². The summed E-state index contributed by atoms with van der Waals surface area (Å²) < 4.78 is 16.9. The third-order valence-electron chi connectivity index (χ3n) is 3.84. The van der Waals surface area contributed by atoms with Crippen molar-refractivity contribution in [3.05, 3.63) is 24.3 Å². The van der Waals surface area contributed by atoms with Crippen molar-refractivity contribution in [3.63, 3.8) is 0 Å². The van der Waals surface area contributed by atoms with E-state index in [-0.39, 0.29) is 24.5 Å². The SMILES string of the molecule is CCCN(CC1COc2ccccc2O1)C(=O)CC(CN)OC. The maximum atomic E-state index is 12.5. The Morgan fingerprint density at radius 2 is 2.17 bits per heavy atom. The van der Waals surface area contributed by atoms with Crippen LogP contribution in [0.5, 0.6) is 11.5 Å². The molecule has 2 unspecified atom stereocenters. The van der Waals surface area contributed by atoms with Crippen LogP contribution in [0.15, 0.2) is 24.3 Å². The Balaban J connectivity index is 1.95. The smallest absolute Gasteiger partial charge is 0.225 e. The van der Waals surface area contributed by atoms with E-state index in [2.05, 4.69) is 0 Å². The molecular formula is C17H26N2O4. The molecule has 1 aromatic rings. The van der Waals surface area contributed by atoms with Gasteiger partial charge in [-0.2, -0.15) is 0 Å². The lowest BCUT2D eigenvalue weighted by Gasteiger charge is -2.32. The van der Waals surface area contributed by atoms with Crippen LogP contribution in [0.25, 0.3) is 0 Å². The number of hydrogen-bond donors (Lipinski definition) is 1. The lowest BCUT2D eigenvalue weighted by Crippen LogP contribution is -2.45. The van der Waals surface area contributed by atoms with Crippen LogP contribution in [-0.4, -0.2) is 56.4 Å². The Labute approximate surface area is 137 Å². The highest BCUT2D eigenvalue weighted by atomic mass is 16.6. The first kappa shape index (κ1) is 17.6. The van der Waals surface area contributed by atoms with Crippen LogP contribution in [0, 0.1) is 0 Å². The number of carbonyl (C=O) groups is 1. The number of para-hydroxylation sites is 2. The first-order chi connectivity index (χ1) is 11.2. The van der Waals surface area contributed by atoms with Crippen LogP contribution in [0.2, 0.25) is 0 Å². The fraction of sp³-hybridized carbons (Fsp3) is 0.588. The summed E-state index contributed by atoms with van der Waals surface area (Å²) in [7, 11) is 1.57. The van der Waals surface area contributed by atoms with Gasteiger partial charge in [-0.15, -0.1) is 0 Å². The Kier molecular flexibility index (Phi) is 6.67. The molecule has 2 atom stereocenters. The molecule has 0 aliphatic carbocycles. The zero-order chi connectivity index (χ0) is 16.7. The molecule has 2 rings (SSSR count). The minimum Gasteiger partial charge on any atom is -0.486 e. The van der Waals surface area contributed by atoms with Crippen molar-refractivity contribution in [2.24, 2.45) is 5.73 Å². The highest BCUT2D eigenvalue weighted by Gasteiger charge is 2.26. The summed E-state index contributed by atoms with van der Waals surface area (Å²) in [6.07, 6.45) is 0.762. The Morgan fingerprint density at radius 3 is 2.83 bits per heavy atom. The van der Waals surface area contributed by atoms with E-state index in [9.17, 15) is 4.79 Å². The minimum atomic E-state index is -0.244. The third kappa shape index (κ3) is 4.84. The van der Waals surface area contributed by atoms with Gasteiger partial charge in [-0.3, -0.25) is 4.79 Å². The molecule has 1 amide bonds. The highest BCUT2D eigenvalue weighted by Crippen LogP contribution is 2.31. The summed E-state index contributed by atoms with van der Waals surface area (Å²) in [4.78, 5) is 14.3. The molecule has 0 saturated carbocycles. The predicted molar refractivity (Wildman–Crippen MR) is 87.7 cm³/mol. The first-order valence-corrected chi connectivity index (χ1v) is 8.07. The molecule has 1 heterocycles. The second-order valence-corrected chi connectivity index (χ2v) is 5.63. The van der Waals surface area contributed by atoms with Gasteiger partial charge in [0.25, 0.3) is 0 Å². The largest absolute Gasteiger partial charge is 0.486 e. The van der Waals surface area contributed by atoms with Gasteiger partial charge in [0.05, 0.1) is 19.1 Å². The van der Waals surface area contributed by atoms with Gasteiger partial charge in [0.15, 0.2) is 17.6 Å². The molecule has 0 saturated heterocycles. The van der Waals surface area contributed by atoms with Crippen LogP contribution >= 0.6 is 0 Å². The zero-order valence-electron chi connectivity index (χ0n) is 13.9. The summed E-state index contributed by atoms with van der Waals surface area (Å²) in [5, 5.41) is 0. The monoisotopic (exact) mass is 322 g/mol. The lowest BCUT2D eigenvalue weighted by atomic mass is 10.2. The lowest BCUT2D eigenvalue weighted by molar-refractivity contribution is -0.135. The van der Waals surface area contributed by atoms with Crippen molar-refractivity contribution in [1.82, 2.24) is 4.90 Å². The fourth-order valence-corrected chi connectivity index (χ4v) is 2.57. The third-order valence-corrected chi connectivity index (χ3v) is 3.84. The maximum Gasteiger partial charge on any atom is 0.225 e. The molecule has 0 spiro atoms. The van der Waals surface area contributed by atoms with Crippen LogP contribution in [0.1, 0.15) is 19.8 Å². The first-order valence-electron chi connectivity index (χ1n) is 8.07. The topological polar surface area (TPSA) is 74.0 Å². The van der Waals surface area contributed by atoms with Gasteiger partial charge in [-0.1, -0.05) is 19.1 Å². The van der Waals surface area contributed by atoms with Crippen molar-refractivity contribution in [1.29, 1.82) is 0 Å². The number of fused-ring (bicyclic) bond motifs is 1. The van der Waals surface area contributed by atoms with Gasteiger partial charge in [0, 0.05) is 20.2 Å². The molecule has 1 aliphatic heterocycles. The average molecular weight is 322 g/mol. The number of amides is 1.